The fraction of sp³-hybridized carbons (Fsp3) is 0.600. The van der Waals surface area contributed by atoms with Crippen molar-refractivity contribution in [3.8, 4) is 0 Å². The van der Waals surface area contributed by atoms with Crippen molar-refractivity contribution >= 4 is 23.3 Å². The Kier molecular flexibility index (Phi) is 6.79. The van der Waals surface area contributed by atoms with Gasteiger partial charge in [-0.3, -0.25) is 4.79 Å². The third-order valence-electron chi connectivity index (χ3n) is 3.02. The van der Waals surface area contributed by atoms with E-state index >= 15 is 0 Å². The molecule has 0 radical (unpaired) electrons. The summed E-state index contributed by atoms with van der Waals surface area (Å²) in [5, 5.41) is 3.62. The van der Waals surface area contributed by atoms with Crippen LogP contribution in [0.4, 0.5) is 5.82 Å². The van der Waals surface area contributed by atoms with Gasteiger partial charge >= 0.3 is 0 Å². The van der Waals surface area contributed by atoms with E-state index in [2.05, 4.69) is 31.1 Å². The standard InChI is InChI=1S/C15H24ClN3O/c1-5-7-17-14-13(16)9-12(10-18-14)15(20)19(4)8-6-11(2)3/h9-11H,5-8H2,1-4H3,(H,17,18). The van der Waals surface area contributed by atoms with Crippen LogP contribution in [0, 0.1) is 5.92 Å². The number of hydrogen-bond donors (Lipinski definition) is 1. The summed E-state index contributed by atoms with van der Waals surface area (Å²) in [6.07, 6.45) is 3.56. The normalized spacial score (nSPS) is 10.7. The second-order valence-electron chi connectivity index (χ2n) is 5.39. The molecule has 0 aliphatic heterocycles. The Morgan fingerprint density at radius 2 is 2.20 bits per heavy atom. The molecule has 0 spiro atoms. The van der Waals surface area contributed by atoms with Gasteiger partial charge in [0, 0.05) is 26.3 Å². The highest BCUT2D eigenvalue weighted by Gasteiger charge is 2.14. The number of rotatable bonds is 7. The maximum atomic E-state index is 12.2. The number of carbonyl (C=O) groups is 1. The summed E-state index contributed by atoms with van der Waals surface area (Å²) < 4.78 is 0. The number of carbonyl (C=O) groups excluding carboxylic acids is 1. The SMILES string of the molecule is CCCNc1ncc(C(=O)N(C)CCC(C)C)cc1Cl. The molecule has 0 aromatic carbocycles. The maximum absolute atomic E-state index is 12.2. The van der Waals surface area contributed by atoms with Crippen LogP contribution in [0.3, 0.4) is 0 Å². The van der Waals surface area contributed by atoms with E-state index in [1.165, 1.54) is 0 Å². The van der Waals surface area contributed by atoms with Gasteiger partial charge in [0.1, 0.15) is 5.82 Å². The summed E-state index contributed by atoms with van der Waals surface area (Å²) in [6.45, 7) is 7.91. The molecule has 1 aromatic heterocycles. The number of amides is 1. The molecule has 1 aromatic rings. The van der Waals surface area contributed by atoms with Crippen LogP contribution in [-0.4, -0.2) is 35.9 Å². The van der Waals surface area contributed by atoms with Crippen molar-refractivity contribution in [3.05, 3.63) is 22.8 Å². The van der Waals surface area contributed by atoms with E-state index < -0.39 is 0 Å². The zero-order valence-corrected chi connectivity index (χ0v) is 13.5. The van der Waals surface area contributed by atoms with Crippen LogP contribution >= 0.6 is 11.6 Å². The molecular formula is C15H24ClN3O. The van der Waals surface area contributed by atoms with Crippen LogP contribution in [0.25, 0.3) is 0 Å². The van der Waals surface area contributed by atoms with Crippen molar-refractivity contribution < 1.29 is 4.79 Å². The quantitative estimate of drug-likeness (QED) is 0.835. The number of anilines is 1. The van der Waals surface area contributed by atoms with Gasteiger partial charge in [-0.1, -0.05) is 32.4 Å². The monoisotopic (exact) mass is 297 g/mol. The lowest BCUT2D eigenvalue weighted by Gasteiger charge is -2.18. The molecule has 1 heterocycles. The van der Waals surface area contributed by atoms with Crippen molar-refractivity contribution in [1.29, 1.82) is 0 Å². The molecule has 1 amide bonds. The predicted octanol–water partition coefficient (Wildman–Crippen LogP) is 3.68. The van der Waals surface area contributed by atoms with E-state index in [0.717, 1.165) is 25.9 Å². The van der Waals surface area contributed by atoms with Crippen LogP contribution in [0.5, 0.6) is 0 Å². The number of halogens is 1. The average molecular weight is 298 g/mol. The molecule has 112 valence electrons. The Bertz CT molecular complexity index is 449. The summed E-state index contributed by atoms with van der Waals surface area (Å²) in [5.41, 5.74) is 0.531. The molecule has 0 bridgehead atoms. The van der Waals surface area contributed by atoms with Crippen molar-refractivity contribution in [3.63, 3.8) is 0 Å². The van der Waals surface area contributed by atoms with E-state index in [0.29, 0.717) is 22.3 Å². The summed E-state index contributed by atoms with van der Waals surface area (Å²) in [5.74, 6) is 1.17. The second kappa shape index (κ2) is 8.10. The van der Waals surface area contributed by atoms with E-state index in [4.69, 9.17) is 11.6 Å². The molecule has 0 saturated heterocycles. The van der Waals surface area contributed by atoms with Crippen LogP contribution in [0.15, 0.2) is 12.3 Å². The molecule has 0 aliphatic rings. The molecule has 20 heavy (non-hydrogen) atoms. The van der Waals surface area contributed by atoms with Gasteiger partial charge in [-0.15, -0.1) is 0 Å². The van der Waals surface area contributed by atoms with Gasteiger partial charge in [0.2, 0.25) is 0 Å². The number of hydrogen-bond acceptors (Lipinski definition) is 3. The van der Waals surface area contributed by atoms with Gasteiger partial charge in [0.15, 0.2) is 0 Å². The minimum Gasteiger partial charge on any atom is -0.369 e. The van der Waals surface area contributed by atoms with Crippen molar-refractivity contribution in [2.75, 3.05) is 25.5 Å². The Morgan fingerprint density at radius 3 is 2.75 bits per heavy atom. The third kappa shape index (κ3) is 5.00. The van der Waals surface area contributed by atoms with Crippen molar-refractivity contribution in [2.24, 2.45) is 5.92 Å². The Morgan fingerprint density at radius 1 is 1.50 bits per heavy atom. The number of nitrogens with one attached hydrogen (secondary N) is 1. The van der Waals surface area contributed by atoms with Gasteiger partial charge in [0.05, 0.1) is 10.6 Å². The third-order valence-corrected chi connectivity index (χ3v) is 3.31. The molecular weight excluding hydrogens is 274 g/mol. The molecule has 5 heteroatoms. The average Bonchev–Trinajstić information content (AvgIpc) is 2.42. The minimum absolute atomic E-state index is 0.0397. The highest BCUT2D eigenvalue weighted by molar-refractivity contribution is 6.33. The predicted molar refractivity (Wildman–Crippen MR) is 84.4 cm³/mol. The molecule has 0 aliphatic carbocycles. The van der Waals surface area contributed by atoms with Crippen LogP contribution in [0.1, 0.15) is 44.0 Å². The van der Waals surface area contributed by atoms with Gasteiger partial charge in [-0.25, -0.2) is 4.98 Å². The lowest BCUT2D eigenvalue weighted by Crippen LogP contribution is -2.28. The molecule has 0 fully saturated rings. The molecule has 1 N–H and O–H groups in total. The van der Waals surface area contributed by atoms with Gasteiger partial charge in [-0.05, 0) is 24.8 Å². The molecule has 1 rings (SSSR count). The lowest BCUT2D eigenvalue weighted by atomic mass is 10.1. The first-order chi connectivity index (χ1) is 9.45. The zero-order valence-electron chi connectivity index (χ0n) is 12.7. The van der Waals surface area contributed by atoms with Crippen molar-refractivity contribution in [1.82, 2.24) is 9.88 Å². The summed E-state index contributed by atoms with van der Waals surface area (Å²) in [4.78, 5) is 18.2. The van der Waals surface area contributed by atoms with Crippen LogP contribution in [0.2, 0.25) is 5.02 Å². The first kappa shape index (κ1) is 16.8. The number of aromatic nitrogens is 1. The van der Waals surface area contributed by atoms with E-state index in [1.807, 2.05) is 7.05 Å². The lowest BCUT2D eigenvalue weighted by molar-refractivity contribution is 0.0789. The molecule has 0 unspecified atom stereocenters. The molecule has 4 nitrogen and oxygen atoms in total. The Labute approximate surface area is 126 Å². The molecule has 0 saturated carbocycles. The Hall–Kier alpha value is -1.29. The highest BCUT2D eigenvalue weighted by Crippen LogP contribution is 2.20. The first-order valence-electron chi connectivity index (χ1n) is 7.10. The Balaban J connectivity index is 2.71. The topological polar surface area (TPSA) is 45.2 Å². The zero-order chi connectivity index (χ0) is 15.1. The van der Waals surface area contributed by atoms with E-state index in [1.54, 1.807) is 17.2 Å². The largest absolute Gasteiger partial charge is 0.369 e. The van der Waals surface area contributed by atoms with Gasteiger partial charge in [0.25, 0.3) is 5.91 Å². The fourth-order valence-electron chi connectivity index (χ4n) is 1.70. The maximum Gasteiger partial charge on any atom is 0.255 e. The molecule has 0 atom stereocenters. The van der Waals surface area contributed by atoms with Gasteiger partial charge in [-0.2, -0.15) is 0 Å². The van der Waals surface area contributed by atoms with Crippen molar-refractivity contribution in [2.45, 2.75) is 33.6 Å². The number of nitrogens with zero attached hydrogens (tertiary/aromatic N) is 2. The van der Waals surface area contributed by atoms with Gasteiger partial charge < -0.3 is 10.2 Å². The fourth-order valence-corrected chi connectivity index (χ4v) is 1.94. The van der Waals surface area contributed by atoms with Crippen LogP contribution in [-0.2, 0) is 0 Å². The minimum atomic E-state index is -0.0397. The van der Waals surface area contributed by atoms with E-state index in [-0.39, 0.29) is 5.91 Å². The second-order valence-corrected chi connectivity index (χ2v) is 5.80. The highest BCUT2D eigenvalue weighted by atomic mass is 35.5. The summed E-state index contributed by atoms with van der Waals surface area (Å²) >= 11 is 6.15. The number of pyridine rings is 1. The summed E-state index contributed by atoms with van der Waals surface area (Å²) in [6, 6.07) is 1.68. The first-order valence-corrected chi connectivity index (χ1v) is 7.48. The summed E-state index contributed by atoms with van der Waals surface area (Å²) in [7, 11) is 1.81. The van der Waals surface area contributed by atoms with E-state index in [9.17, 15) is 4.79 Å². The van der Waals surface area contributed by atoms with Crippen LogP contribution < -0.4 is 5.32 Å². The smallest absolute Gasteiger partial charge is 0.255 e.